The van der Waals surface area contributed by atoms with Gasteiger partial charge in [-0.2, -0.15) is 0 Å². The molecule has 1 N–H and O–H groups in total. The maximum atomic E-state index is 13.3. The summed E-state index contributed by atoms with van der Waals surface area (Å²) in [5.74, 6) is -1.39. The standard InChI is InChI=1S/C14H17FN2O3S/c1-14(2,20-3)8-17-11-5-4-9(15)6-10(11)16-13(17)21-7-12(18)19/h4-6H,7-8H2,1-3H3,(H,18,19). The number of hydrogen-bond donors (Lipinski definition) is 1. The van der Waals surface area contributed by atoms with Crippen molar-refractivity contribution in [3.63, 3.8) is 0 Å². The Kier molecular flexibility index (Phi) is 4.53. The summed E-state index contributed by atoms with van der Waals surface area (Å²) in [6.07, 6.45) is 0. The van der Waals surface area contributed by atoms with Gasteiger partial charge in [-0.3, -0.25) is 4.79 Å². The maximum Gasteiger partial charge on any atom is 0.313 e. The third-order valence-electron chi connectivity index (χ3n) is 3.09. The molecule has 21 heavy (non-hydrogen) atoms. The second-order valence-corrected chi connectivity index (χ2v) is 6.20. The third-order valence-corrected chi connectivity index (χ3v) is 4.05. The number of thioether (sulfide) groups is 1. The molecule has 1 aromatic heterocycles. The SMILES string of the molecule is COC(C)(C)Cn1c(SCC(=O)O)nc2cc(F)ccc21. The Balaban J connectivity index is 2.46. The summed E-state index contributed by atoms with van der Waals surface area (Å²) in [6.45, 7) is 4.34. The number of ether oxygens (including phenoxy) is 1. The smallest absolute Gasteiger partial charge is 0.313 e. The number of carboxylic acids is 1. The van der Waals surface area contributed by atoms with Crippen LogP contribution in [0.1, 0.15) is 13.8 Å². The van der Waals surface area contributed by atoms with E-state index in [1.165, 1.54) is 12.1 Å². The second kappa shape index (κ2) is 6.03. The predicted octanol–water partition coefficient (Wildman–Crippen LogP) is 2.78. The highest BCUT2D eigenvalue weighted by atomic mass is 32.2. The molecule has 0 unspecified atom stereocenters. The lowest BCUT2D eigenvalue weighted by Crippen LogP contribution is -2.29. The van der Waals surface area contributed by atoms with Gasteiger partial charge in [0.1, 0.15) is 5.82 Å². The van der Waals surface area contributed by atoms with Crippen molar-refractivity contribution in [3.05, 3.63) is 24.0 Å². The average molecular weight is 312 g/mol. The molecular formula is C14H17FN2O3S. The number of methoxy groups -OCH3 is 1. The average Bonchev–Trinajstić information content (AvgIpc) is 2.73. The van der Waals surface area contributed by atoms with Crippen LogP contribution in [0.25, 0.3) is 11.0 Å². The van der Waals surface area contributed by atoms with Crippen LogP contribution in [0, 0.1) is 5.82 Å². The lowest BCUT2D eigenvalue weighted by atomic mass is 10.1. The number of fused-ring (bicyclic) bond motifs is 1. The molecule has 2 rings (SSSR count). The fourth-order valence-electron chi connectivity index (χ4n) is 1.92. The summed E-state index contributed by atoms with van der Waals surface area (Å²) < 4.78 is 20.6. The van der Waals surface area contributed by atoms with Crippen LogP contribution in [0.15, 0.2) is 23.4 Å². The van der Waals surface area contributed by atoms with Crippen molar-refractivity contribution < 1.29 is 19.0 Å². The number of rotatable bonds is 6. The molecule has 0 fully saturated rings. The van der Waals surface area contributed by atoms with E-state index in [1.807, 2.05) is 18.4 Å². The van der Waals surface area contributed by atoms with Crippen LogP contribution in [0.4, 0.5) is 4.39 Å². The summed E-state index contributed by atoms with van der Waals surface area (Å²) in [5.41, 5.74) is 0.824. The summed E-state index contributed by atoms with van der Waals surface area (Å²) in [4.78, 5) is 15.1. The van der Waals surface area contributed by atoms with Crippen molar-refractivity contribution in [1.82, 2.24) is 9.55 Å². The molecule has 1 aromatic carbocycles. The van der Waals surface area contributed by atoms with E-state index in [2.05, 4.69) is 4.98 Å². The third kappa shape index (κ3) is 3.74. The van der Waals surface area contributed by atoms with Gasteiger partial charge in [-0.05, 0) is 26.0 Å². The molecule has 1 heterocycles. The van der Waals surface area contributed by atoms with Gasteiger partial charge in [0.25, 0.3) is 0 Å². The Hall–Kier alpha value is -1.60. The van der Waals surface area contributed by atoms with E-state index in [-0.39, 0.29) is 11.6 Å². The Labute approximate surface area is 126 Å². The molecule has 0 spiro atoms. The van der Waals surface area contributed by atoms with Crippen LogP contribution >= 0.6 is 11.8 Å². The van der Waals surface area contributed by atoms with Crippen LogP contribution in [-0.2, 0) is 16.1 Å². The normalized spacial score (nSPS) is 12.0. The number of aliphatic carboxylic acids is 1. The summed E-state index contributed by atoms with van der Waals surface area (Å²) in [6, 6.07) is 4.36. The quantitative estimate of drug-likeness (QED) is 0.831. The topological polar surface area (TPSA) is 64.3 Å². The summed E-state index contributed by atoms with van der Waals surface area (Å²) in [7, 11) is 1.61. The highest BCUT2D eigenvalue weighted by Crippen LogP contribution is 2.27. The molecule has 0 saturated carbocycles. The van der Waals surface area contributed by atoms with Gasteiger partial charge in [0.05, 0.1) is 28.9 Å². The van der Waals surface area contributed by atoms with Crippen LogP contribution in [-0.4, -0.2) is 39.1 Å². The number of imidazole rings is 1. The lowest BCUT2D eigenvalue weighted by molar-refractivity contribution is -0.133. The van der Waals surface area contributed by atoms with Crippen molar-refractivity contribution in [1.29, 1.82) is 0 Å². The number of carboxylic acid groups (broad SMARTS) is 1. The number of aromatic nitrogens is 2. The first-order chi connectivity index (χ1) is 9.82. The Morgan fingerprint density at radius 2 is 2.24 bits per heavy atom. The van der Waals surface area contributed by atoms with Gasteiger partial charge in [0.2, 0.25) is 0 Å². The first-order valence-corrected chi connectivity index (χ1v) is 7.36. The van der Waals surface area contributed by atoms with E-state index < -0.39 is 11.6 Å². The van der Waals surface area contributed by atoms with Gasteiger partial charge in [-0.25, -0.2) is 9.37 Å². The molecule has 0 radical (unpaired) electrons. The minimum Gasteiger partial charge on any atom is -0.481 e. The van der Waals surface area contributed by atoms with Crippen molar-refractivity contribution in [2.75, 3.05) is 12.9 Å². The fraction of sp³-hybridized carbons (Fsp3) is 0.429. The summed E-state index contributed by atoms with van der Waals surface area (Å²) in [5, 5.41) is 9.37. The molecular weight excluding hydrogens is 295 g/mol. The highest BCUT2D eigenvalue weighted by Gasteiger charge is 2.22. The minimum atomic E-state index is -0.921. The maximum absolute atomic E-state index is 13.3. The van der Waals surface area contributed by atoms with E-state index >= 15 is 0 Å². The van der Waals surface area contributed by atoms with Crippen molar-refractivity contribution >= 4 is 28.8 Å². The molecule has 0 bridgehead atoms. The predicted molar refractivity (Wildman–Crippen MR) is 79.1 cm³/mol. The van der Waals surface area contributed by atoms with Gasteiger partial charge < -0.3 is 14.4 Å². The molecule has 0 amide bonds. The van der Waals surface area contributed by atoms with Crippen molar-refractivity contribution in [2.24, 2.45) is 0 Å². The number of nitrogens with zero attached hydrogens (tertiary/aromatic N) is 2. The molecule has 5 nitrogen and oxygen atoms in total. The van der Waals surface area contributed by atoms with E-state index in [0.717, 1.165) is 17.3 Å². The van der Waals surface area contributed by atoms with Crippen LogP contribution in [0.5, 0.6) is 0 Å². The van der Waals surface area contributed by atoms with Gasteiger partial charge in [-0.15, -0.1) is 0 Å². The van der Waals surface area contributed by atoms with E-state index in [9.17, 15) is 9.18 Å². The van der Waals surface area contributed by atoms with E-state index in [0.29, 0.717) is 17.2 Å². The minimum absolute atomic E-state index is 0.0980. The van der Waals surface area contributed by atoms with Crippen LogP contribution in [0.3, 0.4) is 0 Å². The first kappa shape index (κ1) is 15.8. The number of carbonyl (C=O) groups is 1. The van der Waals surface area contributed by atoms with Crippen LogP contribution < -0.4 is 0 Å². The molecule has 0 aliphatic rings. The monoisotopic (exact) mass is 312 g/mol. The number of halogens is 1. The van der Waals surface area contributed by atoms with Gasteiger partial charge >= 0.3 is 5.97 Å². The first-order valence-electron chi connectivity index (χ1n) is 6.38. The molecule has 0 aliphatic carbocycles. The van der Waals surface area contributed by atoms with Gasteiger partial charge in [0, 0.05) is 13.2 Å². The largest absolute Gasteiger partial charge is 0.481 e. The second-order valence-electron chi connectivity index (χ2n) is 5.26. The van der Waals surface area contributed by atoms with E-state index in [4.69, 9.17) is 9.84 Å². The Bertz CT molecular complexity index is 670. The molecule has 2 aromatic rings. The zero-order valence-corrected chi connectivity index (χ0v) is 12.9. The van der Waals surface area contributed by atoms with Crippen LogP contribution in [0.2, 0.25) is 0 Å². The fourth-order valence-corrected chi connectivity index (χ4v) is 2.65. The molecule has 0 aliphatic heterocycles. The summed E-state index contributed by atoms with van der Waals surface area (Å²) >= 11 is 1.11. The van der Waals surface area contributed by atoms with Crippen molar-refractivity contribution in [3.8, 4) is 0 Å². The Morgan fingerprint density at radius 3 is 2.86 bits per heavy atom. The molecule has 7 heteroatoms. The Morgan fingerprint density at radius 1 is 1.52 bits per heavy atom. The van der Waals surface area contributed by atoms with Gasteiger partial charge in [-0.1, -0.05) is 11.8 Å². The highest BCUT2D eigenvalue weighted by molar-refractivity contribution is 7.99. The lowest BCUT2D eigenvalue weighted by Gasteiger charge is -2.24. The molecule has 0 saturated heterocycles. The molecule has 114 valence electrons. The molecule has 0 atom stereocenters. The zero-order chi connectivity index (χ0) is 15.6. The van der Waals surface area contributed by atoms with E-state index in [1.54, 1.807) is 13.2 Å². The number of hydrogen-bond acceptors (Lipinski definition) is 4. The van der Waals surface area contributed by atoms with Gasteiger partial charge in [0.15, 0.2) is 5.16 Å². The van der Waals surface area contributed by atoms with Crippen molar-refractivity contribution in [2.45, 2.75) is 31.1 Å². The number of benzene rings is 1. The zero-order valence-electron chi connectivity index (χ0n) is 12.1.